The van der Waals surface area contributed by atoms with Crippen molar-refractivity contribution < 1.29 is 4.79 Å². The van der Waals surface area contributed by atoms with Crippen molar-refractivity contribution >= 4 is 39.2 Å². The highest BCUT2D eigenvalue weighted by Gasteiger charge is 2.24. The molecule has 1 amide bonds. The van der Waals surface area contributed by atoms with Crippen molar-refractivity contribution in [3.63, 3.8) is 0 Å². The van der Waals surface area contributed by atoms with Gasteiger partial charge in [-0.05, 0) is 56.6 Å². The number of fused-ring (bicyclic) bond motifs is 3. The summed E-state index contributed by atoms with van der Waals surface area (Å²) in [4.78, 5) is 33.0. The van der Waals surface area contributed by atoms with E-state index in [1.165, 1.54) is 34.2 Å². The highest BCUT2D eigenvalue weighted by molar-refractivity contribution is 8.00. The lowest BCUT2D eigenvalue weighted by Gasteiger charge is -2.17. The Labute approximate surface area is 191 Å². The standard InChI is InChI=1S/C24H29N3O2S2/c1-4-27-23(29)20-18-12-8-9-13-19(18)31-22(20)26-24(27)30-16(3)21(28)25-14-15(2)17-10-6-5-7-11-17/h5-7,10-11,15-16H,4,8-9,12-14H2,1-3H3,(H,25,28). The number of thioether (sulfide) groups is 1. The van der Waals surface area contributed by atoms with Crippen molar-refractivity contribution in [2.24, 2.45) is 0 Å². The van der Waals surface area contributed by atoms with Gasteiger partial charge in [-0.3, -0.25) is 14.2 Å². The number of nitrogens with one attached hydrogen (secondary N) is 1. The first kappa shape index (κ1) is 22.1. The van der Waals surface area contributed by atoms with Crippen molar-refractivity contribution in [3.05, 3.63) is 56.7 Å². The van der Waals surface area contributed by atoms with Crippen LogP contribution in [0.15, 0.2) is 40.3 Å². The van der Waals surface area contributed by atoms with Gasteiger partial charge in [-0.2, -0.15) is 0 Å². The monoisotopic (exact) mass is 455 g/mol. The van der Waals surface area contributed by atoms with Crippen LogP contribution in [0.3, 0.4) is 0 Å². The van der Waals surface area contributed by atoms with Crippen LogP contribution in [0.4, 0.5) is 0 Å². The fourth-order valence-electron chi connectivity index (χ4n) is 4.10. The molecule has 0 radical (unpaired) electrons. The first-order chi connectivity index (χ1) is 15.0. The maximum Gasteiger partial charge on any atom is 0.263 e. The zero-order valence-corrected chi connectivity index (χ0v) is 19.9. The van der Waals surface area contributed by atoms with Gasteiger partial charge in [-0.1, -0.05) is 49.0 Å². The van der Waals surface area contributed by atoms with Crippen LogP contribution >= 0.6 is 23.1 Å². The molecule has 2 atom stereocenters. The van der Waals surface area contributed by atoms with E-state index in [1.807, 2.05) is 32.0 Å². The van der Waals surface area contributed by atoms with E-state index in [2.05, 4.69) is 24.4 Å². The molecule has 0 saturated carbocycles. The molecule has 5 nitrogen and oxygen atoms in total. The molecule has 0 bridgehead atoms. The molecule has 1 aliphatic rings. The predicted octanol–water partition coefficient (Wildman–Crippen LogP) is 4.76. The lowest BCUT2D eigenvalue weighted by Crippen LogP contribution is -2.34. The third-order valence-electron chi connectivity index (χ3n) is 5.96. The smallest absolute Gasteiger partial charge is 0.263 e. The van der Waals surface area contributed by atoms with Crippen LogP contribution in [0.25, 0.3) is 10.2 Å². The molecule has 1 aliphatic carbocycles. The molecule has 0 fully saturated rings. The number of carbonyl (C=O) groups is 1. The summed E-state index contributed by atoms with van der Waals surface area (Å²) in [6.45, 7) is 7.08. The van der Waals surface area contributed by atoms with Crippen LogP contribution in [-0.2, 0) is 24.2 Å². The van der Waals surface area contributed by atoms with E-state index < -0.39 is 0 Å². The van der Waals surface area contributed by atoms with Gasteiger partial charge in [0, 0.05) is 18.0 Å². The van der Waals surface area contributed by atoms with E-state index in [-0.39, 0.29) is 22.6 Å². The highest BCUT2D eigenvalue weighted by Crippen LogP contribution is 2.35. The van der Waals surface area contributed by atoms with Crippen LogP contribution in [-0.4, -0.2) is 27.3 Å². The number of amides is 1. The fraction of sp³-hybridized carbons (Fsp3) is 0.458. The Morgan fingerprint density at radius 2 is 1.97 bits per heavy atom. The van der Waals surface area contributed by atoms with Gasteiger partial charge in [0.2, 0.25) is 5.91 Å². The average Bonchev–Trinajstić information content (AvgIpc) is 3.16. The normalized spacial score (nSPS) is 15.5. The summed E-state index contributed by atoms with van der Waals surface area (Å²) < 4.78 is 1.73. The van der Waals surface area contributed by atoms with Gasteiger partial charge in [0.1, 0.15) is 4.83 Å². The van der Waals surface area contributed by atoms with Crippen molar-refractivity contribution in [2.45, 2.75) is 69.3 Å². The van der Waals surface area contributed by atoms with Crippen LogP contribution < -0.4 is 10.9 Å². The number of aromatic nitrogens is 2. The minimum absolute atomic E-state index is 0.0322. The van der Waals surface area contributed by atoms with E-state index in [0.29, 0.717) is 18.2 Å². The molecular formula is C24H29N3O2S2. The third-order valence-corrected chi connectivity index (χ3v) is 8.23. The predicted molar refractivity (Wildman–Crippen MR) is 129 cm³/mol. The fourth-order valence-corrected chi connectivity index (χ4v) is 6.40. The van der Waals surface area contributed by atoms with Gasteiger partial charge in [-0.25, -0.2) is 4.98 Å². The Morgan fingerprint density at radius 3 is 2.71 bits per heavy atom. The largest absolute Gasteiger partial charge is 0.355 e. The lowest BCUT2D eigenvalue weighted by molar-refractivity contribution is -0.120. The molecule has 31 heavy (non-hydrogen) atoms. The molecule has 3 aromatic rings. The van der Waals surface area contributed by atoms with Crippen LogP contribution in [0.5, 0.6) is 0 Å². The third kappa shape index (κ3) is 4.58. The number of hydrogen-bond donors (Lipinski definition) is 1. The number of benzene rings is 1. The molecule has 0 aliphatic heterocycles. The zero-order chi connectivity index (χ0) is 22.0. The van der Waals surface area contributed by atoms with Gasteiger partial charge < -0.3 is 5.32 Å². The zero-order valence-electron chi connectivity index (χ0n) is 18.3. The molecule has 2 heterocycles. The number of aryl methyl sites for hydroxylation is 2. The summed E-state index contributed by atoms with van der Waals surface area (Å²) in [5.74, 6) is 0.207. The molecule has 164 valence electrons. The second kappa shape index (κ2) is 9.57. The summed E-state index contributed by atoms with van der Waals surface area (Å²) in [6, 6.07) is 10.2. The molecule has 7 heteroatoms. The minimum atomic E-state index is -0.334. The van der Waals surface area contributed by atoms with E-state index >= 15 is 0 Å². The average molecular weight is 456 g/mol. The van der Waals surface area contributed by atoms with Crippen molar-refractivity contribution in [3.8, 4) is 0 Å². The van der Waals surface area contributed by atoms with Crippen LogP contribution in [0.1, 0.15) is 55.5 Å². The number of rotatable bonds is 7. The van der Waals surface area contributed by atoms with E-state index in [9.17, 15) is 9.59 Å². The highest BCUT2D eigenvalue weighted by atomic mass is 32.2. The minimum Gasteiger partial charge on any atom is -0.355 e. The molecule has 2 aromatic heterocycles. The topological polar surface area (TPSA) is 64.0 Å². The first-order valence-electron chi connectivity index (χ1n) is 11.0. The first-order valence-corrected chi connectivity index (χ1v) is 12.7. The van der Waals surface area contributed by atoms with E-state index in [0.717, 1.165) is 29.5 Å². The number of carbonyl (C=O) groups excluding carboxylic acids is 1. The van der Waals surface area contributed by atoms with E-state index in [4.69, 9.17) is 4.98 Å². The quantitative estimate of drug-likeness (QED) is 0.412. The van der Waals surface area contributed by atoms with Gasteiger partial charge in [0.05, 0.1) is 10.6 Å². The second-order valence-corrected chi connectivity index (χ2v) is 10.5. The van der Waals surface area contributed by atoms with Gasteiger partial charge in [0.25, 0.3) is 5.56 Å². The lowest BCUT2D eigenvalue weighted by atomic mass is 9.97. The van der Waals surface area contributed by atoms with Crippen LogP contribution in [0.2, 0.25) is 0 Å². The Morgan fingerprint density at radius 1 is 1.23 bits per heavy atom. The molecule has 4 rings (SSSR count). The Hall–Kier alpha value is -2.12. The summed E-state index contributed by atoms with van der Waals surface area (Å²) >= 11 is 3.03. The molecular weight excluding hydrogens is 426 g/mol. The molecule has 1 N–H and O–H groups in total. The summed E-state index contributed by atoms with van der Waals surface area (Å²) in [5, 5.41) is 4.17. The maximum absolute atomic E-state index is 13.3. The maximum atomic E-state index is 13.3. The number of nitrogens with zero attached hydrogens (tertiary/aromatic N) is 2. The Bertz CT molecular complexity index is 1140. The van der Waals surface area contributed by atoms with E-state index in [1.54, 1.807) is 15.9 Å². The van der Waals surface area contributed by atoms with Crippen molar-refractivity contribution in [2.75, 3.05) is 6.54 Å². The molecule has 2 unspecified atom stereocenters. The summed E-state index contributed by atoms with van der Waals surface area (Å²) in [6.07, 6.45) is 4.34. The number of hydrogen-bond acceptors (Lipinski definition) is 5. The second-order valence-electron chi connectivity index (χ2n) is 8.15. The number of thiophene rings is 1. The SMILES string of the molecule is CCn1c(SC(C)C(=O)NCC(C)c2ccccc2)nc2sc3c(c2c1=O)CCCC3. The Balaban J connectivity index is 1.50. The molecule has 1 aromatic carbocycles. The van der Waals surface area contributed by atoms with Gasteiger partial charge in [-0.15, -0.1) is 11.3 Å². The summed E-state index contributed by atoms with van der Waals surface area (Å²) in [5.41, 5.74) is 2.46. The van der Waals surface area contributed by atoms with Gasteiger partial charge >= 0.3 is 0 Å². The summed E-state index contributed by atoms with van der Waals surface area (Å²) in [7, 11) is 0. The van der Waals surface area contributed by atoms with Crippen molar-refractivity contribution in [1.29, 1.82) is 0 Å². The molecule has 0 saturated heterocycles. The Kier molecular flexibility index (Phi) is 6.82. The molecule has 0 spiro atoms. The van der Waals surface area contributed by atoms with Crippen molar-refractivity contribution in [1.82, 2.24) is 14.9 Å². The van der Waals surface area contributed by atoms with Crippen LogP contribution in [0, 0.1) is 0 Å². The van der Waals surface area contributed by atoms with Gasteiger partial charge in [0.15, 0.2) is 5.16 Å².